The summed E-state index contributed by atoms with van der Waals surface area (Å²) < 4.78 is 15.8. The maximum absolute atomic E-state index is 14.0. The molecule has 0 unspecified atom stereocenters. The highest BCUT2D eigenvalue weighted by molar-refractivity contribution is 5.92. The Hall–Kier alpha value is -1.99. The molecule has 134 valence electrons. The third-order valence-corrected chi connectivity index (χ3v) is 4.92. The fourth-order valence-electron chi connectivity index (χ4n) is 3.35. The molecule has 1 aliphatic heterocycles. The zero-order valence-electron chi connectivity index (χ0n) is 13.7. The minimum atomic E-state index is -0.596. The van der Waals surface area contributed by atoms with Crippen molar-refractivity contribution >= 4 is 18.3 Å². The van der Waals surface area contributed by atoms with Crippen LogP contribution >= 0.6 is 12.4 Å². The van der Waals surface area contributed by atoms with Crippen LogP contribution in [0.3, 0.4) is 0 Å². The average Bonchev–Trinajstić information content (AvgIpc) is 3.21. The molecular weight excluding hydrogens is 345 g/mol. The van der Waals surface area contributed by atoms with Gasteiger partial charge < -0.3 is 10.6 Å². The van der Waals surface area contributed by atoms with Crippen LogP contribution < -0.4 is 10.6 Å². The van der Waals surface area contributed by atoms with Gasteiger partial charge in [-0.2, -0.15) is 0 Å². The van der Waals surface area contributed by atoms with Gasteiger partial charge in [-0.1, -0.05) is 23.4 Å². The molecule has 0 spiro atoms. The smallest absolute Gasteiger partial charge is 0.274 e. The first-order valence-electron chi connectivity index (χ1n) is 8.38. The van der Waals surface area contributed by atoms with Crippen molar-refractivity contribution in [2.45, 2.75) is 37.3 Å². The quantitative estimate of drug-likeness (QED) is 0.871. The lowest BCUT2D eigenvalue weighted by atomic mass is 10.0. The number of rotatable bonds is 4. The predicted octanol–water partition coefficient (Wildman–Crippen LogP) is 2.18. The Morgan fingerprint density at radius 2 is 2.00 bits per heavy atom. The summed E-state index contributed by atoms with van der Waals surface area (Å²) in [7, 11) is 0. The summed E-state index contributed by atoms with van der Waals surface area (Å²) in [5.74, 6) is -0.579. The topological polar surface area (TPSA) is 71.8 Å². The number of amides is 1. The van der Waals surface area contributed by atoms with E-state index in [0.29, 0.717) is 5.56 Å². The van der Waals surface area contributed by atoms with E-state index in [-0.39, 0.29) is 35.9 Å². The molecule has 25 heavy (non-hydrogen) atoms. The number of carbonyl (C=O) groups excluding carboxylic acids is 1. The zero-order chi connectivity index (χ0) is 16.6. The zero-order valence-corrected chi connectivity index (χ0v) is 14.6. The second-order valence-electron chi connectivity index (χ2n) is 6.58. The Labute approximate surface area is 151 Å². The molecule has 1 amide bonds. The number of nitrogens with one attached hydrogen (secondary N) is 2. The van der Waals surface area contributed by atoms with Gasteiger partial charge in [-0.05, 0) is 44.8 Å². The molecule has 0 radical (unpaired) electrons. The lowest BCUT2D eigenvalue weighted by Crippen LogP contribution is -2.35. The van der Waals surface area contributed by atoms with Crippen molar-refractivity contribution in [2.24, 2.45) is 0 Å². The van der Waals surface area contributed by atoms with Crippen LogP contribution in [-0.2, 0) is 5.54 Å². The van der Waals surface area contributed by atoms with E-state index < -0.39 is 5.54 Å². The Balaban J connectivity index is 0.00000182. The van der Waals surface area contributed by atoms with Crippen LogP contribution in [0.5, 0.6) is 0 Å². The van der Waals surface area contributed by atoms with Gasteiger partial charge in [0.2, 0.25) is 0 Å². The van der Waals surface area contributed by atoms with Crippen LogP contribution in [0.2, 0.25) is 0 Å². The first-order valence-corrected chi connectivity index (χ1v) is 8.38. The van der Waals surface area contributed by atoms with E-state index in [1.807, 2.05) is 0 Å². The van der Waals surface area contributed by atoms with Gasteiger partial charge in [-0.15, -0.1) is 17.5 Å². The van der Waals surface area contributed by atoms with Crippen LogP contribution in [0, 0.1) is 5.82 Å². The molecule has 1 aromatic heterocycles. The monoisotopic (exact) mass is 365 g/mol. The lowest BCUT2D eigenvalue weighted by molar-refractivity contribution is 0.0925. The van der Waals surface area contributed by atoms with E-state index in [1.165, 1.54) is 6.07 Å². The summed E-state index contributed by atoms with van der Waals surface area (Å²) >= 11 is 0. The molecule has 8 heteroatoms. The van der Waals surface area contributed by atoms with Gasteiger partial charge in [0.05, 0.1) is 17.8 Å². The summed E-state index contributed by atoms with van der Waals surface area (Å²) in [6.45, 7) is 1.89. The van der Waals surface area contributed by atoms with E-state index in [2.05, 4.69) is 20.9 Å². The molecule has 2 aromatic rings. The van der Waals surface area contributed by atoms with Crippen LogP contribution in [0.25, 0.3) is 0 Å². The van der Waals surface area contributed by atoms with Crippen molar-refractivity contribution < 1.29 is 9.18 Å². The van der Waals surface area contributed by atoms with Crippen molar-refractivity contribution in [1.82, 2.24) is 25.6 Å². The van der Waals surface area contributed by atoms with E-state index >= 15 is 0 Å². The fraction of sp³-hybridized carbons (Fsp3) is 0.471. The van der Waals surface area contributed by atoms with Crippen molar-refractivity contribution in [3.63, 3.8) is 0 Å². The summed E-state index contributed by atoms with van der Waals surface area (Å²) in [6.07, 6.45) is 5.13. The van der Waals surface area contributed by atoms with E-state index in [0.717, 1.165) is 38.8 Å². The highest BCUT2D eigenvalue weighted by Crippen LogP contribution is 2.46. The molecule has 2 heterocycles. The molecule has 6 nitrogen and oxygen atoms in total. The summed E-state index contributed by atoms with van der Waals surface area (Å²) in [4.78, 5) is 12.5. The van der Waals surface area contributed by atoms with Gasteiger partial charge in [0.15, 0.2) is 5.69 Å². The summed E-state index contributed by atoms with van der Waals surface area (Å²) in [5.41, 5.74) is 0.237. The lowest BCUT2D eigenvalue weighted by Gasteiger charge is -2.22. The van der Waals surface area contributed by atoms with E-state index in [9.17, 15) is 9.18 Å². The number of carbonyl (C=O) groups is 1. The number of piperidine rings is 1. The maximum atomic E-state index is 14.0. The second-order valence-corrected chi connectivity index (χ2v) is 6.58. The first-order chi connectivity index (χ1) is 11.7. The largest absolute Gasteiger partial charge is 0.341 e. The van der Waals surface area contributed by atoms with E-state index in [1.54, 1.807) is 29.1 Å². The highest BCUT2D eigenvalue weighted by Gasteiger charge is 2.47. The van der Waals surface area contributed by atoms with Crippen molar-refractivity contribution in [2.75, 3.05) is 13.1 Å². The third-order valence-electron chi connectivity index (χ3n) is 4.92. The van der Waals surface area contributed by atoms with Gasteiger partial charge in [0, 0.05) is 5.56 Å². The number of nitrogens with zero attached hydrogens (tertiary/aromatic N) is 3. The van der Waals surface area contributed by atoms with Gasteiger partial charge >= 0.3 is 0 Å². The molecule has 0 atom stereocenters. The molecule has 2 N–H and O–H groups in total. The minimum Gasteiger partial charge on any atom is -0.341 e. The number of hydrogen-bond acceptors (Lipinski definition) is 4. The van der Waals surface area contributed by atoms with Crippen molar-refractivity contribution in [3.8, 4) is 0 Å². The molecular formula is C17H21ClFN5O. The molecule has 4 rings (SSSR count). The standard InChI is InChI=1S/C17H20FN5O.ClH/c18-14-4-2-1-3-13(14)17(7-8-17)20-16(24)15-11-23(22-21-15)12-5-9-19-10-6-12;/h1-4,11-12,19H,5-10H2,(H,20,24);1H. The van der Waals surface area contributed by atoms with Crippen LogP contribution in [-0.4, -0.2) is 34.0 Å². The Morgan fingerprint density at radius 3 is 2.68 bits per heavy atom. The highest BCUT2D eigenvalue weighted by atomic mass is 35.5. The van der Waals surface area contributed by atoms with Crippen molar-refractivity contribution in [1.29, 1.82) is 0 Å². The van der Waals surface area contributed by atoms with E-state index in [4.69, 9.17) is 0 Å². The van der Waals surface area contributed by atoms with Gasteiger partial charge in [-0.25, -0.2) is 9.07 Å². The molecule has 0 bridgehead atoms. The molecule has 1 saturated carbocycles. The van der Waals surface area contributed by atoms with Gasteiger partial charge in [0.1, 0.15) is 5.82 Å². The molecule has 1 aliphatic carbocycles. The Kier molecular flexibility index (Phi) is 5.06. The molecule has 1 aromatic carbocycles. The van der Waals surface area contributed by atoms with Gasteiger partial charge in [0.25, 0.3) is 5.91 Å². The Morgan fingerprint density at radius 1 is 1.28 bits per heavy atom. The summed E-state index contributed by atoms with van der Waals surface area (Å²) in [6, 6.07) is 6.88. The van der Waals surface area contributed by atoms with Crippen LogP contribution in [0.15, 0.2) is 30.5 Å². The predicted molar refractivity (Wildman–Crippen MR) is 93.2 cm³/mol. The fourth-order valence-corrected chi connectivity index (χ4v) is 3.35. The Bertz CT molecular complexity index is 755. The molecule has 2 fully saturated rings. The average molecular weight is 366 g/mol. The minimum absolute atomic E-state index is 0. The third kappa shape index (κ3) is 3.52. The van der Waals surface area contributed by atoms with Gasteiger partial charge in [-0.3, -0.25) is 4.79 Å². The van der Waals surface area contributed by atoms with Crippen molar-refractivity contribution in [3.05, 3.63) is 47.5 Å². The maximum Gasteiger partial charge on any atom is 0.274 e. The van der Waals surface area contributed by atoms with Crippen LogP contribution in [0.1, 0.15) is 47.8 Å². The molecule has 1 saturated heterocycles. The normalized spacial score (nSPS) is 19.1. The number of benzene rings is 1. The number of halogens is 2. The summed E-state index contributed by atoms with van der Waals surface area (Å²) in [5, 5.41) is 14.4. The number of hydrogen-bond donors (Lipinski definition) is 2. The number of aromatic nitrogens is 3. The second kappa shape index (κ2) is 7.09. The van der Waals surface area contributed by atoms with Crippen LogP contribution in [0.4, 0.5) is 4.39 Å². The first kappa shape index (κ1) is 17.8. The SMILES string of the molecule is Cl.O=C(NC1(c2ccccc2F)CC1)c1cn(C2CCNCC2)nn1. The molecule has 2 aliphatic rings.